The van der Waals surface area contributed by atoms with Gasteiger partial charge in [-0.05, 0) is 44.2 Å². The Morgan fingerprint density at radius 3 is 3.12 bits per heavy atom. The average molecular weight is 348 g/mol. The number of aryl methyl sites for hydroxylation is 1. The fraction of sp³-hybridized carbons (Fsp3) is 0.300. The number of nitrogens with zero attached hydrogens (tertiary/aromatic N) is 3. The second-order valence-electron chi connectivity index (χ2n) is 6.79. The molecular formula is C20H20N4O2. The van der Waals surface area contributed by atoms with Crippen LogP contribution in [0.4, 0.5) is 0 Å². The third-order valence-corrected chi connectivity index (χ3v) is 4.81. The Balaban J connectivity index is 1.43. The van der Waals surface area contributed by atoms with Gasteiger partial charge >= 0.3 is 0 Å². The minimum Gasteiger partial charge on any atom is -0.489 e. The molecule has 1 atom stereocenters. The van der Waals surface area contributed by atoms with Crippen molar-refractivity contribution in [2.24, 2.45) is 0 Å². The third kappa shape index (κ3) is 2.82. The minimum atomic E-state index is 0.247. The lowest BCUT2D eigenvalue weighted by molar-refractivity contribution is 0.221. The first-order chi connectivity index (χ1) is 12.7. The molecule has 0 bridgehead atoms. The van der Waals surface area contributed by atoms with Crippen molar-refractivity contribution in [3.8, 4) is 11.5 Å². The monoisotopic (exact) mass is 348 g/mol. The van der Waals surface area contributed by atoms with Gasteiger partial charge in [-0.15, -0.1) is 0 Å². The first-order valence-electron chi connectivity index (χ1n) is 8.92. The molecule has 132 valence electrons. The maximum Gasteiger partial charge on any atom is 0.234 e. The van der Waals surface area contributed by atoms with Crippen molar-refractivity contribution in [3.63, 3.8) is 0 Å². The second-order valence-corrected chi connectivity index (χ2v) is 6.79. The van der Waals surface area contributed by atoms with Crippen LogP contribution >= 0.6 is 0 Å². The topological polar surface area (TPSA) is 60.7 Å². The van der Waals surface area contributed by atoms with Crippen LogP contribution in [0, 0.1) is 6.92 Å². The highest BCUT2D eigenvalue weighted by atomic mass is 16.5. The van der Waals surface area contributed by atoms with E-state index in [1.165, 1.54) is 0 Å². The quantitative estimate of drug-likeness (QED) is 0.789. The highest BCUT2D eigenvalue weighted by Gasteiger charge is 2.19. The van der Waals surface area contributed by atoms with Crippen molar-refractivity contribution in [3.05, 3.63) is 53.6 Å². The molecule has 2 aromatic heterocycles. The number of nitrogens with one attached hydrogen (secondary N) is 1. The summed E-state index contributed by atoms with van der Waals surface area (Å²) in [5.41, 5.74) is 3.95. The molecule has 6 heteroatoms. The van der Waals surface area contributed by atoms with Crippen LogP contribution in [0.1, 0.15) is 23.4 Å². The zero-order valence-electron chi connectivity index (χ0n) is 14.6. The molecule has 0 saturated carbocycles. The zero-order chi connectivity index (χ0) is 17.5. The minimum absolute atomic E-state index is 0.247. The van der Waals surface area contributed by atoms with Crippen LogP contribution in [-0.2, 0) is 0 Å². The summed E-state index contributed by atoms with van der Waals surface area (Å²) < 4.78 is 13.9. The predicted molar refractivity (Wildman–Crippen MR) is 99.4 cm³/mol. The summed E-state index contributed by atoms with van der Waals surface area (Å²) >= 11 is 0. The van der Waals surface area contributed by atoms with Crippen LogP contribution in [0.3, 0.4) is 0 Å². The molecule has 0 amide bonds. The molecule has 0 spiro atoms. The SMILES string of the molecule is Cc1ccn2cc(C3=Cc4ccc(O[C@@H]5CCNC5)cc4OC3)nc2n1. The Kier molecular flexibility index (Phi) is 3.64. The Labute approximate surface area is 151 Å². The van der Waals surface area contributed by atoms with Gasteiger partial charge in [0.1, 0.15) is 24.2 Å². The summed E-state index contributed by atoms with van der Waals surface area (Å²) in [6, 6.07) is 8.01. The standard InChI is InChI=1S/C20H20N4O2/c1-13-5-7-24-11-18(23-20(24)22-13)15-8-14-2-3-16(9-19(14)25-12-15)26-17-4-6-21-10-17/h2-3,5,7-9,11,17,21H,4,6,10,12H2,1H3/t17-/m1/s1. The van der Waals surface area contributed by atoms with Crippen molar-refractivity contribution >= 4 is 17.4 Å². The lowest BCUT2D eigenvalue weighted by Crippen LogP contribution is -2.19. The molecule has 5 rings (SSSR count). The molecule has 0 aliphatic carbocycles. The van der Waals surface area contributed by atoms with Crippen LogP contribution < -0.4 is 14.8 Å². The van der Waals surface area contributed by atoms with Crippen LogP contribution in [0.5, 0.6) is 11.5 Å². The second kappa shape index (κ2) is 6.14. The number of aromatic nitrogens is 3. The van der Waals surface area contributed by atoms with E-state index in [9.17, 15) is 0 Å². The summed E-state index contributed by atoms with van der Waals surface area (Å²) in [4.78, 5) is 9.09. The van der Waals surface area contributed by atoms with E-state index < -0.39 is 0 Å². The van der Waals surface area contributed by atoms with Gasteiger partial charge in [0.2, 0.25) is 5.78 Å². The number of hydrogen-bond donors (Lipinski definition) is 1. The summed E-state index contributed by atoms with van der Waals surface area (Å²) in [7, 11) is 0. The molecule has 0 unspecified atom stereocenters. The molecular weight excluding hydrogens is 328 g/mol. The maximum absolute atomic E-state index is 6.02. The van der Waals surface area contributed by atoms with Gasteiger partial charge < -0.3 is 14.8 Å². The van der Waals surface area contributed by atoms with Gasteiger partial charge in [0.15, 0.2) is 0 Å². The molecule has 4 heterocycles. The molecule has 1 N–H and O–H groups in total. The fourth-order valence-corrected chi connectivity index (χ4v) is 3.40. The summed E-state index contributed by atoms with van der Waals surface area (Å²) in [6.45, 7) is 4.38. The Hall–Kier alpha value is -2.86. The molecule has 1 aromatic carbocycles. The largest absolute Gasteiger partial charge is 0.489 e. The van der Waals surface area contributed by atoms with Crippen molar-refractivity contribution in [2.75, 3.05) is 19.7 Å². The van der Waals surface area contributed by atoms with Gasteiger partial charge in [0.25, 0.3) is 0 Å². The average Bonchev–Trinajstić information content (AvgIpc) is 3.30. The molecule has 1 saturated heterocycles. The maximum atomic E-state index is 6.02. The number of hydrogen-bond acceptors (Lipinski definition) is 5. The number of benzene rings is 1. The van der Waals surface area contributed by atoms with Crippen LogP contribution in [0.15, 0.2) is 36.7 Å². The van der Waals surface area contributed by atoms with E-state index in [0.717, 1.165) is 53.5 Å². The fourth-order valence-electron chi connectivity index (χ4n) is 3.40. The Morgan fingerprint density at radius 1 is 1.27 bits per heavy atom. The molecule has 26 heavy (non-hydrogen) atoms. The smallest absolute Gasteiger partial charge is 0.234 e. The van der Waals surface area contributed by atoms with E-state index >= 15 is 0 Å². The number of rotatable bonds is 3. The van der Waals surface area contributed by atoms with E-state index in [4.69, 9.17) is 9.47 Å². The lowest BCUT2D eigenvalue weighted by atomic mass is 10.1. The van der Waals surface area contributed by atoms with Crippen LogP contribution in [0.25, 0.3) is 17.4 Å². The highest BCUT2D eigenvalue weighted by Crippen LogP contribution is 2.33. The molecule has 3 aromatic rings. The zero-order valence-corrected chi connectivity index (χ0v) is 14.6. The predicted octanol–water partition coefficient (Wildman–Crippen LogP) is 2.71. The van der Waals surface area contributed by atoms with Crippen LogP contribution in [0.2, 0.25) is 0 Å². The highest BCUT2D eigenvalue weighted by molar-refractivity contribution is 5.84. The number of ether oxygens (including phenoxy) is 2. The number of imidazole rings is 1. The molecule has 2 aliphatic heterocycles. The van der Waals surface area contributed by atoms with Crippen molar-refractivity contribution in [1.82, 2.24) is 19.7 Å². The van der Waals surface area contributed by atoms with Gasteiger partial charge in [-0.3, -0.25) is 4.40 Å². The van der Waals surface area contributed by atoms with Crippen LogP contribution in [-0.4, -0.2) is 40.2 Å². The van der Waals surface area contributed by atoms with Gasteiger partial charge in [-0.1, -0.05) is 0 Å². The molecule has 1 fully saturated rings. The van der Waals surface area contributed by atoms with Gasteiger partial charge in [0.05, 0.1) is 5.69 Å². The number of fused-ring (bicyclic) bond motifs is 2. The van der Waals surface area contributed by atoms with Gasteiger partial charge in [-0.25, -0.2) is 9.97 Å². The van der Waals surface area contributed by atoms with E-state index in [2.05, 4.69) is 21.4 Å². The van der Waals surface area contributed by atoms with Crippen molar-refractivity contribution in [1.29, 1.82) is 0 Å². The third-order valence-electron chi connectivity index (χ3n) is 4.81. The molecule has 6 nitrogen and oxygen atoms in total. The van der Waals surface area contributed by atoms with E-state index in [-0.39, 0.29) is 6.10 Å². The van der Waals surface area contributed by atoms with Gasteiger partial charge in [0, 0.05) is 41.8 Å². The van der Waals surface area contributed by atoms with E-state index in [1.807, 2.05) is 48.0 Å². The normalized spacial score (nSPS) is 19.1. The molecule has 2 aliphatic rings. The lowest BCUT2D eigenvalue weighted by Gasteiger charge is -2.19. The van der Waals surface area contributed by atoms with E-state index in [1.54, 1.807) is 0 Å². The summed E-state index contributed by atoms with van der Waals surface area (Å²) in [6.07, 6.45) is 7.40. The van der Waals surface area contributed by atoms with Crippen molar-refractivity contribution in [2.45, 2.75) is 19.4 Å². The summed E-state index contributed by atoms with van der Waals surface area (Å²) in [5.74, 6) is 2.43. The van der Waals surface area contributed by atoms with E-state index in [0.29, 0.717) is 12.4 Å². The molecule has 0 radical (unpaired) electrons. The first-order valence-corrected chi connectivity index (χ1v) is 8.92. The Morgan fingerprint density at radius 2 is 2.23 bits per heavy atom. The Bertz CT molecular complexity index is 1000. The first kappa shape index (κ1) is 15.4. The summed E-state index contributed by atoms with van der Waals surface area (Å²) in [5, 5.41) is 3.31. The van der Waals surface area contributed by atoms with Gasteiger partial charge in [-0.2, -0.15) is 0 Å². The van der Waals surface area contributed by atoms with Crippen molar-refractivity contribution < 1.29 is 9.47 Å².